The highest BCUT2D eigenvalue weighted by atomic mass is 16.7. The molecule has 0 bridgehead atoms. The van der Waals surface area contributed by atoms with E-state index in [1.54, 1.807) is 0 Å². The zero-order valence-corrected chi connectivity index (χ0v) is 10.9. The molecule has 1 aliphatic rings. The summed E-state index contributed by atoms with van der Waals surface area (Å²) in [6, 6.07) is 3.91. The number of hydrogen-bond acceptors (Lipinski definition) is 3. The monoisotopic (exact) mass is 250 g/mol. The summed E-state index contributed by atoms with van der Waals surface area (Å²) in [6.07, 6.45) is 0.864. The first-order chi connectivity index (χ1) is 8.37. The lowest BCUT2D eigenvalue weighted by Crippen LogP contribution is -2.20. The molecule has 98 valence electrons. The maximum atomic E-state index is 10.8. The molecule has 4 heteroatoms. The van der Waals surface area contributed by atoms with Gasteiger partial charge < -0.3 is 14.6 Å². The molecule has 0 radical (unpaired) electrons. The van der Waals surface area contributed by atoms with Crippen LogP contribution in [0.1, 0.15) is 31.4 Å². The number of carbonyl (C=O) groups is 1. The number of carboxylic acids is 1. The van der Waals surface area contributed by atoms with Crippen molar-refractivity contribution in [3.8, 4) is 11.5 Å². The van der Waals surface area contributed by atoms with Crippen LogP contribution in [0.15, 0.2) is 12.1 Å². The molecule has 1 heterocycles. The van der Waals surface area contributed by atoms with Gasteiger partial charge in [-0.25, -0.2) is 0 Å². The lowest BCUT2D eigenvalue weighted by Gasteiger charge is -2.23. The predicted octanol–water partition coefficient (Wildman–Crippen LogP) is 2.77. The van der Waals surface area contributed by atoms with Crippen LogP contribution < -0.4 is 9.47 Å². The zero-order valence-electron chi connectivity index (χ0n) is 10.9. The average Bonchev–Trinajstić information content (AvgIpc) is 2.62. The highest BCUT2D eigenvalue weighted by molar-refractivity contribution is 5.67. The lowest BCUT2D eigenvalue weighted by molar-refractivity contribution is -0.139. The first-order valence-corrected chi connectivity index (χ1v) is 5.98. The summed E-state index contributed by atoms with van der Waals surface area (Å²) >= 11 is 0. The van der Waals surface area contributed by atoms with Crippen LogP contribution in [0.25, 0.3) is 0 Å². The van der Waals surface area contributed by atoms with E-state index in [9.17, 15) is 4.79 Å². The largest absolute Gasteiger partial charge is 0.481 e. The minimum atomic E-state index is -0.765. The smallest absolute Gasteiger partial charge is 0.303 e. The van der Waals surface area contributed by atoms with E-state index in [4.69, 9.17) is 14.6 Å². The summed E-state index contributed by atoms with van der Waals surface area (Å²) in [7, 11) is 0. The van der Waals surface area contributed by atoms with E-state index in [-0.39, 0.29) is 18.6 Å². The van der Waals surface area contributed by atoms with E-state index in [1.165, 1.54) is 0 Å². The maximum absolute atomic E-state index is 10.8. The van der Waals surface area contributed by atoms with Gasteiger partial charge in [-0.2, -0.15) is 0 Å². The molecular weight excluding hydrogens is 232 g/mol. The number of aliphatic carboxylic acids is 1. The summed E-state index contributed by atoms with van der Waals surface area (Å²) in [6.45, 7) is 6.20. The number of ether oxygens (including phenoxy) is 2. The highest BCUT2D eigenvalue weighted by Gasteiger charge is 2.24. The fourth-order valence-corrected chi connectivity index (χ4v) is 2.26. The molecule has 1 aromatic carbocycles. The fraction of sp³-hybridized carbons (Fsp3) is 0.500. The molecule has 0 spiro atoms. The van der Waals surface area contributed by atoms with Crippen LogP contribution in [0.2, 0.25) is 0 Å². The number of aryl methyl sites for hydroxylation is 1. The summed E-state index contributed by atoms with van der Waals surface area (Å²) in [5.74, 6) is 0.757. The standard InChI is InChI=1S/C14H18O4/c1-9-4-11-12(18-8-17-11)5-10(9)6-14(2,3)7-13(15)16/h4-5H,6-8H2,1-3H3,(H,15,16). The van der Waals surface area contributed by atoms with Gasteiger partial charge in [-0.15, -0.1) is 0 Å². The molecule has 0 amide bonds. The second-order valence-electron chi connectivity index (χ2n) is 5.54. The van der Waals surface area contributed by atoms with Crippen LogP contribution in [0.5, 0.6) is 11.5 Å². The van der Waals surface area contributed by atoms with Gasteiger partial charge in [0.05, 0.1) is 6.42 Å². The Bertz CT molecular complexity index is 477. The highest BCUT2D eigenvalue weighted by Crippen LogP contribution is 2.37. The second kappa shape index (κ2) is 4.52. The van der Waals surface area contributed by atoms with Crippen molar-refractivity contribution in [3.05, 3.63) is 23.3 Å². The number of carboxylic acid groups (broad SMARTS) is 1. The van der Waals surface area contributed by atoms with Crippen molar-refractivity contribution in [3.63, 3.8) is 0 Å². The molecule has 1 N–H and O–H groups in total. The SMILES string of the molecule is Cc1cc2c(cc1CC(C)(C)CC(=O)O)OCO2. The van der Waals surface area contributed by atoms with Crippen molar-refractivity contribution < 1.29 is 19.4 Å². The third-order valence-electron chi connectivity index (χ3n) is 3.13. The van der Waals surface area contributed by atoms with E-state index in [0.717, 1.165) is 22.6 Å². The van der Waals surface area contributed by atoms with Crippen LogP contribution in [0, 0.1) is 12.3 Å². The average molecular weight is 250 g/mol. The first-order valence-electron chi connectivity index (χ1n) is 5.98. The van der Waals surface area contributed by atoms with E-state index in [2.05, 4.69) is 0 Å². The van der Waals surface area contributed by atoms with Gasteiger partial charge in [-0.05, 0) is 42.0 Å². The molecule has 0 fully saturated rings. The van der Waals surface area contributed by atoms with Crippen molar-refractivity contribution >= 4 is 5.97 Å². The minimum Gasteiger partial charge on any atom is -0.481 e. The van der Waals surface area contributed by atoms with Crippen molar-refractivity contribution in [2.45, 2.75) is 33.6 Å². The van der Waals surface area contributed by atoms with Crippen molar-refractivity contribution in [2.24, 2.45) is 5.41 Å². The Balaban J connectivity index is 2.21. The zero-order chi connectivity index (χ0) is 13.3. The van der Waals surface area contributed by atoms with Gasteiger partial charge in [0.2, 0.25) is 6.79 Å². The molecule has 2 rings (SSSR count). The van der Waals surface area contributed by atoms with Crippen LogP contribution in [-0.4, -0.2) is 17.9 Å². The van der Waals surface area contributed by atoms with Crippen LogP contribution in [0.3, 0.4) is 0 Å². The van der Waals surface area contributed by atoms with Crippen LogP contribution >= 0.6 is 0 Å². The topological polar surface area (TPSA) is 55.8 Å². The molecule has 0 saturated heterocycles. The Morgan fingerprint density at radius 1 is 1.33 bits per heavy atom. The van der Waals surface area contributed by atoms with Gasteiger partial charge in [0.1, 0.15) is 0 Å². The normalized spacial score (nSPS) is 13.7. The molecule has 0 aromatic heterocycles. The van der Waals surface area contributed by atoms with Crippen molar-refractivity contribution in [1.29, 1.82) is 0 Å². The van der Waals surface area contributed by atoms with E-state index in [0.29, 0.717) is 6.42 Å². The van der Waals surface area contributed by atoms with Gasteiger partial charge in [0, 0.05) is 0 Å². The molecule has 1 aromatic rings. The van der Waals surface area contributed by atoms with Gasteiger partial charge in [0.25, 0.3) is 0 Å². The second-order valence-corrected chi connectivity index (χ2v) is 5.54. The lowest BCUT2D eigenvalue weighted by atomic mass is 9.81. The number of benzene rings is 1. The van der Waals surface area contributed by atoms with E-state index < -0.39 is 5.97 Å². The van der Waals surface area contributed by atoms with Gasteiger partial charge in [0.15, 0.2) is 11.5 Å². The van der Waals surface area contributed by atoms with Gasteiger partial charge >= 0.3 is 5.97 Å². The Hall–Kier alpha value is -1.71. The third kappa shape index (κ3) is 2.75. The molecule has 0 atom stereocenters. The molecule has 0 saturated carbocycles. The first kappa shape index (κ1) is 12.7. The summed E-state index contributed by atoms with van der Waals surface area (Å²) in [4.78, 5) is 10.8. The van der Waals surface area contributed by atoms with Crippen molar-refractivity contribution in [1.82, 2.24) is 0 Å². The number of rotatable bonds is 4. The summed E-state index contributed by atoms with van der Waals surface area (Å²) < 4.78 is 10.7. The summed E-state index contributed by atoms with van der Waals surface area (Å²) in [5, 5.41) is 8.91. The Kier molecular flexibility index (Phi) is 3.20. The third-order valence-corrected chi connectivity index (χ3v) is 3.13. The van der Waals surface area contributed by atoms with Crippen LogP contribution in [0.4, 0.5) is 0 Å². The predicted molar refractivity (Wildman–Crippen MR) is 67.0 cm³/mol. The molecule has 4 nitrogen and oxygen atoms in total. The minimum absolute atomic E-state index is 0.154. The molecule has 0 unspecified atom stereocenters. The molecule has 1 aliphatic heterocycles. The number of hydrogen-bond donors (Lipinski definition) is 1. The van der Waals surface area contributed by atoms with Gasteiger partial charge in [-0.1, -0.05) is 13.8 Å². The van der Waals surface area contributed by atoms with Gasteiger partial charge in [-0.3, -0.25) is 4.79 Å². The Morgan fingerprint density at radius 3 is 2.56 bits per heavy atom. The summed E-state index contributed by atoms with van der Waals surface area (Å²) in [5.41, 5.74) is 1.95. The Labute approximate surface area is 107 Å². The Morgan fingerprint density at radius 2 is 1.94 bits per heavy atom. The number of fused-ring (bicyclic) bond motifs is 1. The molecular formula is C14H18O4. The van der Waals surface area contributed by atoms with E-state index in [1.807, 2.05) is 32.9 Å². The molecule has 0 aliphatic carbocycles. The molecule has 18 heavy (non-hydrogen) atoms. The van der Waals surface area contributed by atoms with Crippen molar-refractivity contribution in [2.75, 3.05) is 6.79 Å². The fourth-order valence-electron chi connectivity index (χ4n) is 2.26. The van der Waals surface area contributed by atoms with E-state index >= 15 is 0 Å². The quantitative estimate of drug-likeness (QED) is 0.892. The van der Waals surface area contributed by atoms with Crippen LogP contribution in [-0.2, 0) is 11.2 Å². The maximum Gasteiger partial charge on any atom is 0.303 e.